The molecule has 154 valence electrons. The minimum Gasteiger partial charge on any atom is -0.423 e. The predicted molar refractivity (Wildman–Crippen MR) is 122 cm³/mol. The van der Waals surface area contributed by atoms with Crippen molar-refractivity contribution >= 4 is 11.9 Å². The number of hydrogen-bond acceptors (Lipinski definition) is 4. The van der Waals surface area contributed by atoms with Crippen LogP contribution in [0.5, 0.6) is 11.5 Å². The van der Waals surface area contributed by atoms with Crippen molar-refractivity contribution < 1.29 is 19.1 Å². The molecule has 0 spiro atoms. The van der Waals surface area contributed by atoms with Gasteiger partial charge in [-0.2, -0.15) is 0 Å². The zero-order valence-electron chi connectivity index (χ0n) is 17.0. The second-order valence-corrected chi connectivity index (χ2v) is 6.81. The van der Waals surface area contributed by atoms with Crippen LogP contribution in [0.25, 0.3) is 0 Å². The Bertz CT molecular complexity index is 1160. The van der Waals surface area contributed by atoms with Gasteiger partial charge in [0.25, 0.3) is 0 Å². The first-order chi connectivity index (χ1) is 15.7. The highest BCUT2D eigenvalue weighted by atomic mass is 16.5. The van der Waals surface area contributed by atoms with Crippen molar-refractivity contribution in [3.63, 3.8) is 0 Å². The maximum Gasteiger partial charge on any atom is 0.343 e. The summed E-state index contributed by atoms with van der Waals surface area (Å²) in [7, 11) is 0. The second-order valence-electron chi connectivity index (χ2n) is 6.81. The molecule has 4 nitrogen and oxygen atoms in total. The van der Waals surface area contributed by atoms with Gasteiger partial charge in [0, 0.05) is 11.1 Å². The Morgan fingerprint density at radius 1 is 0.469 bits per heavy atom. The van der Waals surface area contributed by atoms with Crippen molar-refractivity contribution in [2.24, 2.45) is 0 Å². The molecule has 4 aromatic carbocycles. The molecule has 0 saturated heterocycles. The van der Waals surface area contributed by atoms with E-state index in [1.807, 2.05) is 12.1 Å². The quantitative estimate of drug-likeness (QED) is 0.249. The van der Waals surface area contributed by atoms with Gasteiger partial charge in [-0.15, -0.1) is 0 Å². The zero-order valence-corrected chi connectivity index (χ0v) is 17.0. The summed E-state index contributed by atoms with van der Waals surface area (Å²) in [6, 6.07) is 31.6. The number of benzene rings is 4. The Labute approximate surface area is 186 Å². The molecule has 4 heteroatoms. The molecule has 0 amide bonds. The zero-order chi connectivity index (χ0) is 22.2. The van der Waals surface area contributed by atoms with Gasteiger partial charge in [-0.3, -0.25) is 0 Å². The Morgan fingerprint density at radius 3 is 1.16 bits per heavy atom. The highest BCUT2D eigenvalue weighted by Gasteiger charge is 2.08. The van der Waals surface area contributed by atoms with Crippen LogP contribution >= 0.6 is 0 Å². The molecule has 0 radical (unpaired) electrons. The lowest BCUT2D eigenvalue weighted by Gasteiger charge is -2.04. The molecular weight excluding hydrogens is 400 g/mol. The van der Waals surface area contributed by atoms with Crippen LogP contribution in [0.1, 0.15) is 31.8 Å². The summed E-state index contributed by atoms with van der Waals surface area (Å²) in [5.41, 5.74) is 2.55. The molecule has 4 aromatic rings. The monoisotopic (exact) mass is 418 g/mol. The highest BCUT2D eigenvalue weighted by Crippen LogP contribution is 2.16. The topological polar surface area (TPSA) is 52.6 Å². The van der Waals surface area contributed by atoms with E-state index in [2.05, 4.69) is 11.8 Å². The van der Waals surface area contributed by atoms with Crippen LogP contribution in [0.4, 0.5) is 0 Å². The lowest BCUT2D eigenvalue weighted by Crippen LogP contribution is -2.07. The first kappa shape index (κ1) is 20.6. The Morgan fingerprint density at radius 2 is 0.812 bits per heavy atom. The summed E-state index contributed by atoms with van der Waals surface area (Å²) in [4.78, 5) is 24.2. The van der Waals surface area contributed by atoms with E-state index in [0.717, 1.165) is 11.1 Å². The van der Waals surface area contributed by atoms with Crippen LogP contribution in [-0.4, -0.2) is 11.9 Å². The van der Waals surface area contributed by atoms with Crippen LogP contribution in [-0.2, 0) is 0 Å². The number of esters is 2. The van der Waals surface area contributed by atoms with Crippen LogP contribution in [0.15, 0.2) is 109 Å². The van der Waals surface area contributed by atoms with Gasteiger partial charge in [-0.05, 0) is 72.8 Å². The van der Waals surface area contributed by atoms with Gasteiger partial charge >= 0.3 is 11.9 Å². The van der Waals surface area contributed by atoms with Crippen molar-refractivity contribution in [1.29, 1.82) is 0 Å². The van der Waals surface area contributed by atoms with Crippen LogP contribution in [0.2, 0.25) is 0 Å². The van der Waals surface area contributed by atoms with Gasteiger partial charge in [0.1, 0.15) is 11.5 Å². The third-order valence-electron chi connectivity index (χ3n) is 4.50. The third kappa shape index (κ3) is 5.50. The molecule has 32 heavy (non-hydrogen) atoms. The average molecular weight is 418 g/mol. The van der Waals surface area contributed by atoms with E-state index in [-0.39, 0.29) is 0 Å². The fourth-order valence-corrected chi connectivity index (χ4v) is 2.84. The van der Waals surface area contributed by atoms with E-state index in [0.29, 0.717) is 22.6 Å². The SMILES string of the molecule is O=C(Oc1ccc(C#Cc2ccc(OC(=O)c3ccccc3)cc2)cc1)c1ccccc1. The molecule has 0 aliphatic heterocycles. The molecular formula is C28H18O4. The lowest BCUT2D eigenvalue weighted by atomic mass is 10.1. The van der Waals surface area contributed by atoms with Crippen molar-refractivity contribution in [3.05, 3.63) is 131 Å². The van der Waals surface area contributed by atoms with Gasteiger partial charge in [-0.1, -0.05) is 48.2 Å². The van der Waals surface area contributed by atoms with Crippen molar-refractivity contribution in [3.8, 4) is 23.3 Å². The molecule has 0 N–H and O–H groups in total. The van der Waals surface area contributed by atoms with Crippen LogP contribution in [0, 0.1) is 11.8 Å². The van der Waals surface area contributed by atoms with Gasteiger partial charge < -0.3 is 9.47 Å². The minimum atomic E-state index is -0.405. The van der Waals surface area contributed by atoms with E-state index in [9.17, 15) is 9.59 Å². The minimum absolute atomic E-state index is 0.405. The van der Waals surface area contributed by atoms with Gasteiger partial charge in [0.15, 0.2) is 0 Å². The molecule has 0 bridgehead atoms. The number of hydrogen-bond donors (Lipinski definition) is 0. The average Bonchev–Trinajstić information content (AvgIpc) is 2.85. The van der Waals surface area contributed by atoms with Crippen molar-refractivity contribution in [2.45, 2.75) is 0 Å². The summed E-state index contributed by atoms with van der Waals surface area (Å²) in [5, 5.41) is 0. The number of carbonyl (C=O) groups is 2. The van der Waals surface area contributed by atoms with E-state index in [4.69, 9.17) is 9.47 Å². The van der Waals surface area contributed by atoms with Crippen molar-refractivity contribution in [1.82, 2.24) is 0 Å². The predicted octanol–water partition coefficient (Wildman–Crippen LogP) is 5.52. The second kappa shape index (κ2) is 9.92. The fourth-order valence-electron chi connectivity index (χ4n) is 2.84. The van der Waals surface area contributed by atoms with E-state index in [1.165, 1.54) is 0 Å². The first-order valence-electron chi connectivity index (χ1n) is 9.94. The molecule has 0 aliphatic carbocycles. The van der Waals surface area contributed by atoms with E-state index < -0.39 is 11.9 Å². The standard InChI is InChI=1S/C28H18O4/c29-27(23-7-3-1-4-8-23)31-25-17-13-21(14-18-25)11-12-22-15-19-26(20-16-22)32-28(30)24-9-5-2-6-10-24/h1-10,13-20H. The Balaban J connectivity index is 1.36. The Kier molecular flexibility index (Phi) is 6.40. The van der Waals surface area contributed by atoms with E-state index in [1.54, 1.807) is 97.1 Å². The van der Waals surface area contributed by atoms with Gasteiger partial charge in [0.05, 0.1) is 11.1 Å². The summed E-state index contributed by atoms with van der Waals surface area (Å²) in [5.74, 6) is 6.22. The first-order valence-corrected chi connectivity index (χ1v) is 9.94. The van der Waals surface area contributed by atoms with Crippen LogP contribution in [0.3, 0.4) is 0 Å². The summed E-state index contributed by atoms with van der Waals surface area (Å²) in [6.07, 6.45) is 0. The maximum atomic E-state index is 12.1. The number of ether oxygens (including phenoxy) is 2. The Hall–Kier alpha value is -4.62. The lowest BCUT2D eigenvalue weighted by molar-refractivity contribution is 0.0725. The molecule has 0 unspecified atom stereocenters. The maximum absolute atomic E-state index is 12.1. The third-order valence-corrected chi connectivity index (χ3v) is 4.50. The highest BCUT2D eigenvalue weighted by molar-refractivity contribution is 5.91. The summed E-state index contributed by atoms with van der Waals surface area (Å²) < 4.78 is 10.7. The smallest absolute Gasteiger partial charge is 0.343 e. The summed E-state index contributed by atoms with van der Waals surface area (Å²) >= 11 is 0. The molecule has 0 aromatic heterocycles. The van der Waals surface area contributed by atoms with Crippen molar-refractivity contribution in [2.75, 3.05) is 0 Å². The molecule has 0 aliphatic rings. The van der Waals surface area contributed by atoms with Crippen LogP contribution < -0.4 is 9.47 Å². The van der Waals surface area contributed by atoms with E-state index >= 15 is 0 Å². The molecule has 0 heterocycles. The molecule has 0 saturated carbocycles. The molecule has 0 atom stereocenters. The summed E-state index contributed by atoms with van der Waals surface area (Å²) in [6.45, 7) is 0. The molecule has 4 rings (SSSR count). The number of carbonyl (C=O) groups excluding carboxylic acids is 2. The van der Waals surface area contributed by atoms with Gasteiger partial charge in [-0.25, -0.2) is 9.59 Å². The largest absolute Gasteiger partial charge is 0.423 e. The number of rotatable bonds is 4. The fraction of sp³-hybridized carbons (Fsp3) is 0. The van der Waals surface area contributed by atoms with Gasteiger partial charge in [0.2, 0.25) is 0 Å². The normalized spacial score (nSPS) is 9.88. The molecule has 0 fully saturated rings.